The van der Waals surface area contributed by atoms with Crippen LogP contribution in [-0.4, -0.2) is 9.97 Å². The van der Waals surface area contributed by atoms with Crippen molar-refractivity contribution < 1.29 is 4.39 Å². The molecule has 0 aliphatic heterocycles. The van der Waals surface area contributed by atoms with Gasteiger partial charge in [-0.25, -0.2) is 14.4 Å². The highest BCUT2D eigenvalue weighted by molar-refractivity contribution is 5.25. The van der Waals surface area contributed by atoms with Crippen LogP contribution in [0.4, 0.5) is 10.2 Å². The van der Waals surface area contributed by atoms with Crippen LogP contribution < -0.4 is 11.1 Å². The number of rotatable bonds is 5. The summed E-state index contributed by atoms with van der Waals surface area (Å²) >= 11 is 0. The van der Waals surface area contributed by atoms with Crippen LogP contribution in [-0.2, 0) is 6.54 Å². The predicted molar refractivity (Wildman–Crippen MR) is 77.3 cm³/mol. The molecule has 0 saturated heterocycles. The van der Waals surface area contributed by atoms with Crippen molar-refractivity contribution in [3.63, 3.8) is 0 Å². The van der Waals surface area contributed by atoms with Gasteiger partial charge in [0.1, 0.15) is 17.5 Å². The summed E-state index contributed by atoms with van der Waals surface area (Å²) in [5.41, 5.74) is 6.68. The molecule has 0 bridgehead atoms. The summed E-state index contributed by atoms with van der Waals surface area (Å²) in [6.45, 7) is 4.74. The van der Waals surface area contributed by atoms with Gasteiger partial charge in [0.15, 0.2) is 0 Å². The zero-order valence-corrected chi connectivity index (χ0v) is 11.7. The van der Waals surface area contributed by atoms with Gasteiger partial charge in [0.25, 0.3) is 0 Å². The van der Waals surface area contributed by atoms with E-state index in [4.69, 9.17) is 5.73 Å². The molecule has 0 amide bonds. The molecule has 0 saturated carbocycles. The minimum absolute atomic E-state index is 0.112. The fourth-order valence-corrected chi connectivity index (χ4v) is 2.11. The Kier molecular flexibility index (Phi) is 4.63. The maximum absolute atomic E-state index is 13.0. The molecular weight excluding hydrogens is 255 g/mol. The topological polar surface area (TPSA) is 63.8 Å². The first-order valence-corrected chi connectivity index (χ1v) is 6.62. The molecule has 0 aliphatic rings. The van der Waals surface area contributed by atoms with Crippen LogP contribution in [0.1, 0.15) is 31.3 Å². The Morgan fingerprint density at radius 1 is 1.20 bits per heavy atom. The van der Waals surface area contributed by atoms with Gasteiger partial charge in [-0.2, -0.15) is 0 Å². The van der Waals surface area contributed by atoms with Gasteiger partial charge in [-0.3, -0.25) is 0 Å². The molecule has 2 rings (SSSR count). The third-order valence-electron chi connectivity index (χ3n) is 3.10. The van der Waals surface area contributed by atoms with Crippen molar-refractivity contribution in [1.29, 1.82) is 0 Å². The molecule has 20 heavy (non-hydrogen) atoms. The van der Waals surface area contributed by atoms with E-state index >= 15 is 0 Å². The summed E-state index contributed by atoms with van der Waals surface area (Å²) in [6.07, 6.45) is 1.64. The largest absolute Gasteiger partial charge is 0.384 e. The van der Waals surface area contributed by atoms with Crippen LogP contribution in [0.2, 0.25) is 0 Å². The van der Waals surface area contributed by atoms with Crippen molar-refractivity contribution in [2.75, 3.05) is 5.73 Å². The van der Waals surface area contributed by atoms with Crippen LogP contribution in [0.15, 0.2) is 36.5 Å². The van der Waals surface area contributed by atoms with E-state index in [0.717, 1.165) is 5.56 Å². The lowest BCUT2D eigenvalue weighted by molar-refractivity contribution is 0.405. The number of halogens is 1. The highest BCUT2D eigenvalue weighted by atomic mass is 19.1. The average molecular weight is 274 g/mol. The summed E-state index contributed by atoms with van der Waals surface area (Å²) in [5, 5.41) is 3.40. The van der Waals surface area contributed by atoms with E-state index in [1.54, 1.807) is 24.4 Å². The zero-order valence-electron chi connectivity index (χ0n) is 11.7. The standard InChI is InChI=1S/C15H19FN4/c1-10(2)15(11-3-5-12(16)6-4-11)19-9-14-18-8-7-13(17)20-14/h3-8,10,15,19H,9H2,1-2H3,(H2,17,18,20). The number of hydrogen-bond donors (Lipinski definition) is 2. The summed E-state index contributed by atoms with van der Waals surface area (Å²) < 4.78 is 13.0. The van der Waals surface area contributed by atoms with Crippen molar-refractivity contribution >= 4 is 5.82 Å². The Morgan fingerprint density at radius 3 is 2.50 bits per heavy atom. The van der Waals surface area contributed by atoms with E-state index in [-0.39, 0.29) is 11.9 Å². The van der Waals surface area contributed by atoms with Crippen molar-refractivity contribution in [2.24, 2.45) is 5.92 Å². The minimum atomic E-state index is -0.226. The maximum atomic E-state index is 13.0. The SMILES string of the molecule is CC(C)C(NCc1nccc(N)n1)c1ccc(F)cc1. The summed E-state index contributed by atoms with van der Waals surface area (Å²) in [5.74, 6) is 1.24. The number of nitrogens with one attached hydrogen (secondary N) is 1. The first-order valence-electron chi connectivity index (χ1n) is 6.62. The van der Waals surface area contributed by atoms with E-state index in [9.17, 15) is 4.39 Å². The van der Waals surface area contributed by atoms with Crippen LogP contribution in [0.5, 0.6) is 0 Å². The molecule has 1 unspecified atom stereocenters. The minimum Gasteiger partial charge on any atom is -0.384 e. The lowest BCUT2D eigenvalue weighted by atomic mass is 9.96. The molecule has 1 aromatic carbocycles. The van der Waals surface area contributed by atoms with E-state index in [2.05, 4.69) is 29.1 Å². The second-order valence-corrected chi connectivity index (χ2v) is 5.05. The normalized spacial score (nSPS) is 12.6. The highest BCUT2D eigenvalue weighted by Gasteiger charge is 2.15. The van der Waals surface area contributed by atoms with Gasteiger partial charge in [-0.05, 0) is 29.7 Å². The van der Waals surface area contributed by atoms with Crippen molar-refractivity contribution in [1.82, 2.24) is 15.3 Å². The average Bonchev–Trinajstić information content (AvgIpc) is 2.41. The lowest BCUT2D eigenvalue weighted by Crippen LogP contribution is -2.26. The van der Waals surface area contributed by atoms with Crippen LogP contribution >= 0.6 is 0 Å². The molecule has 0 fully saturated rings. The van der Waals surface area contributed by atoms with E-state index in [1.807, 2.05) is 0 Å². The number of benzene rings is 1. The number of nitrogens with zero attached hydrogens (tertiary/aromatic N) is 2. The van der Waals surface area contributed by atoms with E-state index in [0.29, 0.717) is 24.1 Å². The van der Waals surface area contributed by atoms with Gasteiger partial charge in [0, 0.05) is 12.2 Å². The Morgan fingerprint density at radius 2 is 1.90 bits per heavy atom. The van der Waals surface area contributed by atoms with Crippen molar-refractivity contribution in [3.05, 3.63) is 53.7 Å². The number of nitrogen functional groups attached to an aromatic ring is 1. The molecule has 2 aromatic rings. The number of anilines is 1. The monoisotopic (exact) mass is 274 g/mol. The highest BCUT2D eigenvalue weighted by Crippen LogP contribution is 2.22. The molecule has 1 aromatic heterocycles. The molecule has 1 heterocycles. The third-order valence-corrected chi connectivity index (χ3v) is 3.10. The number of aromatic nitrogens is 2. The Hall–Kier alpha value is -2.01. The quantitative estimate of drug-likeness (QED) is 0.880. The van der Waals surface area contributed by atoms with Crippen LogP contribution in [0.25, 0.3) is 0 Å². The van der Waals surface area contributed by atoms with Crippen molar-refractivity contribution in [2.45, 2.75) is 26.4 Å². The van der Waals surface area contributed by atoms with Gasteiger partial charge < -0.3 is 11.1 Å². The lowest BCUT2D eigenvalue weighted by Gasteiger charge is -2.22. The van der Waals surface area contributed by atoms with Crippen molar-refractivity contribution in [3.8, 4) is 0 Å². The van der Waals surface area contributed by atoms with Gasteiger partial charge in [0.2, 0.25) is 0 Å². The first-order chi connectivity index (χ1) is 9.56. The van der Waals surface area contributed by atoms with E-state index < -0.39 is 0 Å². The Bertz CT molecular complexity index is 554. The second kappa shape index (κ2) is 6.43. The molecular formula is C15H19FN4. The molecule has 5 heteroatoms. The number of hydrogen-bond acceptors (Lipinski definition) is 4. The fourth-order valence-electron chi connectivity index (χ4n) is 2.11. The molecule has 0 aliphatic carbocycles. The molecule has 3 N–H and O–H groups in total. The summed E-state index contributed by atoms with van der Waals surface area (Å²) in [4.78, 5) is 8.32. The van der Waals surface area contributed by atoms with Gasteiger partial charge in [-0.1, -0.05) is 26.0 Å². The molecule has 106 valence electrons. The molecule has 0 radical (unpaired) electrons. The molecule has 1 atom stereocenters. The summed E-state index contributed by atoms with van der Waals surface area (Å²) in [7, 11) is 0. The van der Waals surface area contributed by atoms with Gasteiger partial charge >= 0.3 is 0 Å². The smallest absolute Gasteiger partial charge is 0.144 e. The van der Waals surface area contributed by atoms with Crippen LogP contribution in [0, 0.1) is 11.7 Å². The van der Waals surface area contributed by atoms with Gasteiger partial charge in [0.05, 0.1) is 6.54 Å². The second-order valence-electron chi connectivity index (χ2n) is 5.05. The van der Waals surface area contributed by atoms with Crippen LogP contribution in [0.3, 0.4) is 0 Å². The van der Waals surface area contributed by atoms with Gasteiger partial charge in [-0.15, -0.1) is 0 Å². The molecule has 4 nitrogen and oxygen atoms in total. The summed E-state index contributed by atoms with van der Waals surface area (Å²) in [6, 6.07) is 8.32. The Labute approximate surface area is 118 Å². The Balaban J connectivity index is 2.08. The molecule has 0 spiro atoms. The van der Waals surface area contributed by atoms with E-state index in [1.165, 1.54) is 12.1 Å². The first kappa shape index (κ1) is 14.4. The predicted octanol–water partition coefficient (Wildman–Crippen LogP) is 2.68. The zero-order chi connectivity index (χ0) is 14.5. The fraction of sp³-hybridized carbons (Fsp3) is 0.333. The number of nitrogens with two attached hydrogens (primary N) is 1. The third kappa shape index (κ3) is 3.74. The maximum Gasteiger partial charge on any atom is 0.144 e.